The molecule has 1 saturated carbocycles. The van der Waals surface area contributed by atoms with Crippen LogP contribution in [-0.2, 0) is 0 Å². The van der Waals surface area contributed by atoms with Crippen LogP contribution >= 0.6 is 11.6 Å². The van der Waals surface area contributed by atoms with Gasteiger partial charge in [0.25, 0.3) is 0 Å². The van der Waals surface area contributed by atoms with Crippen molar-refractivity contribution in [3.8, 4) is 0 Å². The van der Waals surface area contributed by atoms with E-state index in [1.165, 1.54) is 6.42 Å². The highest BCUT2D eigenvalue weighted by Gasteiger charge is 2.26. The zero-order chi connectivity index (χ0) is 9.26. The van der Waals surface area contributed by atoms with E-state index in [2.05, 4.69) is 4.98 Å². The Balaban J connectivity index is 2.24. The van der Waals surface area contributed by atoms with Crippen molar-refractivity contribution in [1.29, 1.82) is 0 Å². The van der Waals surface area contributed by atoms with Crippen LogP contribution in [0.25, 0.3) is 0 Å². The predicted molar refractivity (Wildman–Crippen MR) is 53.8 cm³/mol. The minimum Gasteiger partial charge on any atom is -0.327 e. The van der Waals surface area contributed by atoms with Gasteiger partial charge in [0.15, 0.2) is 0 Å². The maximum atomic E-state index is 5.98. The van der Waals surface area contributed by atoms with E-state index < -0.39 is 0 Å². The number of nitrogens with zero attached hydrogens (tertiary/aromatic N) is 1. The molecule has 0 bridgehead atoms. The molecule has 13 heavy (non-hydrogen) atoms. The first kappa shape index (κ1) is 8.97. The summed E-state index contributed by atoms with van der Waals surface area (Å²) >= 11 is 5.82. The van der Waals surface area contributed by atoms with Gasteiger partial charge in [0.1, 0.15) is 5.15 Å². The van der Waals surface area contributed by atoms with Crippen molar-refractivity contribution < 1.29 is 0 Å². The molecule has 1 aromatic heterocycles. The summed E-state index contributed by atoms with van der Waals surface area (Å²) in [4.78, 5) is 4.29. The molecule has 1 fully saturated rings. The van der Waals surface area contributed by atoms with Crippen LogP contribution in [0.5, 0.6) is 0 Å². The highest BCUT2D eigenvalue weighted by atomic mass is 35.5. The van der Waals surface area contributed by atoms with Crippen LogP contribution in [-0.4, -0.2) is 11.0 Å². The lowest BCUT2D eigenvalue weighted by atomic mass is 10.00. The smallest absolute Gasteiger partial charge is 0.129 e. The average Bonchev–Trinajstić information content (AvgIpc) is 2.51. The normalized spacial score (nSPS) is 27.8. The number of nitrogens with two attached hydrogens (primary N) is 1. The van der Waals surface area contributed by atoms with Crippen molar-refractivity contribution in [3.63, 3.8) is 0 Å². The SMILES string of the molecule is NC1CCCC1c1cccc(Cl)n1. The standard InChI is InChI=1S/C10H13ClN2/c11-10-6-2-5-9(13-10)7-3-1-4-8(7)12/h2,5-8H,1,3-4,12H2. The first-order chi connectivity index (χ1) is 6.27. The van der Waals surface area contributed by atoms with E-state index in [4.69, 9.17) is 17.3 Å². The van der Waals surface area contributed by atoms with Crippen molar-refractivity contribution >= 4 is 11.6 Å². The zero-order valence-corrected chi connectivity index (χ0v) is 8.17. The Morgan fingerprint density at radius 2 is 2.23 bits per heavy atom. The molecule has 0 amide bonds. The van der Waals surface area contributed by atoms with Crippen LogP contribution in [0.3, 0.4) is 0 Å². The molecule has 2 atom stereocenters. The molecule has 1 heterocycles. The Morgan fingerprint density at radius 1 is 1.38 bits per heavy atom. The van der Waals surface area contributed by atoms with Crippen LogP contribution in [0.1, 0.15) is 30.9 Å². The molecule has 0 saturated heterocycles. The van der Waals surface area contributed by atoms with E-state index in [0.717, 1.165) is 18.5 Å². The highest BCUT2D eigenvalue weighted by Crippen LogP contribution is 2.32. The highest BCUT2D eigenvalue weighted by molar-refractivity contribution is 6.29. The van der Waals surface area contributed by atoms with Crippen molar-refractivity contribution in [1.82, 2.24) is 4.98 Å². The van der Waals surface area contributed by atoms with Gasteiger partial charge in [-0.1, -0.05) is 24.1 Å². The Kier molecular flexibility index (Phi) is 2.51. The van der Waals surface area contributed by atoms with E-state index >= 15 is 0 Å². The first-order valence-electron chi connectivity index (χ1n) is 4.65. The Labute approximate surface area is 83.1 Å². The summed E-state index contributed by atoms with van der Waals surface area (Å²) in [6, 6.07) is 6.02. The molecule has 0 spiro atoms. The molecule has 1 aliphatic carbocycles. The molecular weight excluding hydrogens is 184 g/mol. The molecule has 2 nitrogen and oxygen atoms in total. The second-order valence-electron chi connectivity index (χ2n) is 3.59. The van der Waals surface area contributed by atoms with Gasteiger partial charge in [-0.25, -0.2) is 4.98 Å². The van der Waals surface area contributed by atoms with Gasteiger partial charge in [-0.2, -0.15) is 0 Å². The fourth-order valence-electron chi connectivity index (χ4n) is 1.99. The number of hydrogen-bond donors (Lipinski definition) is 1. The topological polar surface area (TPSA) is 38.9 Å². The second kappa shape index (κ2) is 3.64. The van der Waals surface area contributed by atoms with Crippen LogP contribution in [0, 0.1) is 0 Å². The fourth-order valence-corrected chi connectivity index (χ4v) is 2.16. The van der Waals surface area contributed by atoms with Gasteiger partial charge in [0.2, 0.25) is 0 Å². The predicted octanol–water partition coefficient (Wildman–Crippen LogP) is 2.33. The quantitative estimate of drug-likeness (QED) is 0.701. The minimum absolute atomic E-state index is 0.269. The summed E-state index contributed by atoms with van der Waals surface area (Å²) in [5, 5.41) is 0.566. The maximum absolute atomic E-state index is 5.98. The minimum atomic E-state index is 0.269. The van der Waals surface area contributed by atoms with E-state index in [9.17, 15) is 0 Å². The number of rotatable bonds is 1. The largest absolute Gasteiger partial charge is 0.327 e. The van der Waals surface area contributed by atoms with E-state index in [1.54, 1.807) is 6.07 Å². The van der Waals surface area contributed by atoms with Gasteiger partial charge in [-0.15, -0.1) is 0 Å². The third kappa shape index (κ3) is 1.84. The first-order valence-corrected chi connectivity index (χ1v) is 5.03. The Hall–Kier alpha value is -0.600. The summed E-state index contributed by atoms with van der Waals surface area (Å²) in [5.74, 6) is 0.415. The summed E-state index contributed by atoms with van der Waals surface area (Å²) < 4.78 is 0. The molecule has 3 heteroatoms. The van der Waals surface area contributed by atoms with Crippen molar-refractivity contribution in [2.45, 2.75) is 31.2 Å². The van der Waals surface area contributed by atoms with Gasteiger partial charge in [0.05, 0.1) is 0 Å². The van der Waals surface area contributed by atoms with Crippen molar-refractivity contribution in [2.24, 2.45) is 5.73 Å². The number of halogens is 1. The van der Waals surface area contributed by atoms with Crippen LogP contribution < -0.4 is 5.73 Å². The Bertz CT molecular complexity index is 301. The molecule has 2 N–H and O–H groups in total. The van der Waals surface area contributed by atoms with E-state index in [0.29, 0.717) is 11.1 Å². The lowest BCUT2D eigenvalue weighted by molar-refractivity contribution is 0.598. The number of pyridine rings is 1. The van der Waals surface area contributed by atoms with Gasteiger partial charge < -0.3 is 5.73 Å². The number of hydrogen-bond acceptors (Lipinski definition) is 2. The summed E-state index contributed by atoms with van der Waals surface area (Å²) in [7, 11) is 0. The van der Waals surface area contributed by atoms with Crippen LogP contribution in [0.2, 0.25) is 5.15 Å². The summed E-state index contributed by atoms with van der Waals surface area (Å²) in [6.07, 6.45) is 3.47. The molecular formula is C10H13ClN2. The second-order valence-corrected chi connectivity index (χ2v) is 3.97. The molecule has 2 unspecified atom stereocenters. The molecule has 70 valence electrons. The fraction of sp³-hybridized carbons (Fsp3) is 0.500. The van der Waals surface area contributed by atoms with Crippen molar-refractivity contribution in [3.05, 3.63) is 29.0 Å². The van der Waals surface area contributed by atoms with Gasteiger partial charge in [-0.3, -0.25) is 0 Å². The Morgan fingerprint density at radius 3 is 2.85 bits per heavy atom. The van der Waals surface area contributed by atoms with Crippen molar-refractivity contribution in [2.75, 3.05) is 0 Å². The van der Waals surface area contributed by atoms with Gasteiger partial charge >= 0.3 is 0 Å². The van der Waals surface area contributed by atoms with E-state index in [1.807, 2.05) is 12.1 Å². The lowest BCUT2D eigenvalue weighted by Crippen LogP contribution is -2.23. The molecule has 0 aliphatic heterocycles. The average molecular weight is 197 g/mol. The van der Waals surface area contributed by atoms with Gasteiger partial charge in [0, 0.05) is 17.7 Å². The van der Waals surface area contributed by atoms with Crippen LogP contribution in [0.15, 0.2) is 18.2 Å². The number of aromatic nitrogens is 1. The summed E-state index contributed by atoms with van der Waals surface area (Å²) in [6.45, 7) is 0. The van der Waals surface area contributed by atoms with Gasteiger partial charge in [-0.05, 0) is 25.0 Å². The van der Waals surface area contributed by atoms with Crippen LogP contribution in [0.4, 0.5) is 0 Å². The molecule has 1 aromatic rings. The molecule has 1 aliphatic rings. The zero-order valence-electron chi connectivity index (χ0n) is 7.41. The summed E-state index contributed by atoms with van der Waals surface area (Å²) in [5.41, 5.74) is 7.03. The third-order valence-electron chi connectivity index (χ3n) is 2.69. The molecule has 0 aromatic carbocycles. The van der Waals surface area contributed by atoms with E-state index in [-0.39, 0.29) is 6.04 Å². The lowest BCUT2D eigenvalue weighted by Gasteiger charge is -2.14. The maximum Gasteiger partial charge on any atom is 0.129 e. The third-order valence-corrected chi connectivity index (χ3v) is 2.90. The molecule has 2 rings (SSSR count). The monoisotopic (exact) mass is 196 g/mol. The molecule has 0 radical (unpaired) electrons.